The van der Waals surface area contributed by atoms with Gasteiger partial charge < -0.3 is 10.0 Å². The molecule has 3 heteroatoms. The highest BCUT2D eigenvalue weighted by molar-refractivity contribution is 5.64. The van der Waals surface area contributed by atoms with E-state index in [2.05, 4.69) is 11.9 Å². The molecule has 0 radical (unpaired) electrons. The first-order valence-corrected chi connectivity index (χ1v) is 5.07. The molecular formula is C12H18N2O. The molecule has 0 unspecified atom stereocenters. The predicted octanol–water partition coefficient (Wildman–Crippen LogP) is 2.48. The Hall–Kier alpha value is -1.51. The van der Waals surface area contributed by atoms with Crippen molar-refractivity contribution in [3.05, 3.63) is 23.3 Å². The Bertz CT molecular complexity index is 370. The van der Waals surface area contributed by atoms with Gasteiger partial charge in [0.1, 0.15) is 5.75 Å². The van der Waals surface area contributed by atoms with E-state index in [1.807, 2.05) is 32.0 Å². The molecule has 0 aliphatic rings. The minimum atomic E-state index is 0.343. The molecule has 1 N–H and O–H groups in total. The molecule has 0 spiro atoms. The number of rotatable bonds is 3. The number of benzene rings is 1. The Balaban J connectivity index is 3.10. The smallest absolute Gasteiger partial charge is 0.118 e. The van der Waals surface area contributed by atoms with Crippen LogP contribution in [0.15, 0.2) is 17.1 Å². The maximum absolute atomic E-state index is 9.57. The van der Waals surface area contributed by atoms with E-state index < -0.39 is 0 Å². The maximum Gasteiger partial charge on any atom is 0.118 e. The van der Waals surface area contributed by atoms with Gasteiger partial charge in [-0.1, -0.05) is 6.92 Å². The normalized spacial score (nSPS) is 10.9. The van der Waals surface area contributed by atoms with Crippen LogP contribution in [0.1, 0.15) is 18.1 Å². The molecule has 82 valence electrons. The van der Waals surface area contributed by atoms with Crippen molar-refractivity contribution in [1.29, 1.82) is 0 Å². The Kier molecular flexibility index (Phi) is 3.72. The van der Waals surface area contributed by atoms with Crippen molar-refractivity contribution in [1.82, 2.24) is 4.90 Å². The molecule has 0 aromatic heterocycles. The summed E-state index contributed by atoms with van der Waals surface area (Å²) in [5, 5.41) is 9.57. The summed E-state index contributed by atoms with van der Waals surface area (Å²) in [6, 6.07) is 3.70. The highest BCUT2D eigenvalue weighted by Gasteiger charge is 2.03. The summed E-state index contributed by atoms with van der Waals surface area (Å²) in [6.45, 7) is 3.93. The van der Waals surface area contributed by atoms with Gasteiger partial charge in [-0.3, -0.25) is 0 Å². The molecule has 1 aromatic rings. The van der Waals surface area contributed by atoms with E-state index in [0.717, 1.165) is 23.2 Å². The van der Waals surface area contributed by atoms with Gasteiger partial charge in [-0.2, -0.15) is 0 Å². The van der Waals surface area contributed by atoms with Crippen LogP contribution in [0, 0.1) is 6.92 Å². The Morgan fingerprint density at radius 2 is 2.07 bits per heavy atom. The van der Waals surface area contributed by atoms with Crippen molar-refractivity contribution < 1.29 is 5.11 Å². The van der Waals surface area contributed by atoms with E-state index in [1.54, 1.807) is 12.4 Å². The standard InChI is InChI=1S/C12H18N2O/c1-5-10-7-12(15)9(2)6-11(10)13-8-14(3)4/h6-8,15H,5H2,1-4H3. The minimum Gasteiger partial charge on any atom is -0.508 e. The fourth-order valence-electron chi connectivity index (χ4n) is 1.31. The quantitative estimate of drug-likeness (QED) is 0.609. The summed E-state index contributed by atoms with van der Waals surface area (Å²) in [5.41, 5.74) is 2.86. The highest BCUT2D eigenvalue weighted by Crippen LogP contribution is 2.27. The van der Waals surface area contributed by atoms with Crippen molar-refractivity contribution in [3.8, 4) is 5.75 Å². The van der Waals surface area contributed by atoms with E-state index in [-0.39, 0.29) is 0 Å². The maximum atomic E-state index is 9.57. The summed E-state index contributed by atoms with van der Waals surface area (Å²) >= 11 is 0. The average Bonchev–Trinajstić information content (AvgIpc) is 2.19. The van der Waals surface area contributed by atoms with Gasteiger partial charge in [-0.15, -0.1) is 0 Å². The monoisotopic (exact) mass is 206 g/mol. The molecule has 1 aromatic carbocycles. The first-order valence-electron chi connectivity index (χ1n) is 5.07. The van der Waals surface area contributed by atoms with Gasteiger partial charge in [-0.05, 0) is 36.6 Å². The number of aryl methyl sites for hydroxylation is 2. The average molecular weight is 206 g/mol. The van der Waals surface area contributed by atoms with E-state index in [4.69, 9.17) is 0 Å². The van der Waals surface area contributed by atoms with E-state index in [0.29, 0.717) is 5.75 Å². The van der Waals surface area contributed by atoms with Crippen molar-refractivity contribution in [3.63, 3.8) is 0 Å². The fraction of sp³-hybridized carbons (Fsp3) is 0.417. The van der Waals surface area contributed by atoms with Gasteiger partial charge in [0.15, 0.2) is 0 Å². The summed E-state index contributed by atoms with van der Waals surface area (Å²) in [7, 11) is 3.87. The van der Waals surface area contributed by atoms with Crippen LogP contribution in [0.5, 0.6) is 5.75 Å². The first kappa shape index (κ1) is 11.6. The zero-order chi connectivity index (χ0) is 11.4. The third-order valence-corrected chi connectivity index (χ3v) is 2.21. The molecule has 0 amide bonds. The Morgan fingerprint density at radius 3 is 2.60 bits per heavy atom. The van der Waals surface area contributed by atoms with Crippen LogP contribution in [0.3, 0.4) is 0 Å². The largest absolute Gasteiger partial charge is 0.508 e. The third-order valence-electron chi connectivity index (χ3n) is 2.21. The molecule has 0 atom stereocenters. The molecule has 0 fully saturated rings. The van der Waals surface area contributed by atoms with Crippen LogP contribution in [0.4, 0.5) is 5.69 Å². The molecule has 0 aliphatic heterocycles. The van der Waals surface area contributed by atoms with Crippen LogP contribution in [0.2, 0.25) is 0 Å². The minimum absolute atomic E-state index is 0.343. The molecule has 0 aliphatic carbocycles. The van der Waals surface area contributed by atoms with Crippen LogP contribution in [-0.4, -0.2) is 30.4 Å². The summed E-state index contributed by atoms with van der Waals surface area (Å²) in [5.74, 6) is 0.343. The lowest BCUT2D eigenvalue weighted by molar-refractivity contribution is 0.470. The zero-order valence-electron chi connectivity index (χ0n) is 9.78. The summed E-state index contributed by atoms with van der Waals surface area (Å²) in [6.07, 6.45) is 2.64. The van der Waals surface area contributed by atoms with Crippen molar-refractivity contribution in [2.45, 2.75) is 20.3 Å². The van der Waals surface area contributed by atoms with Crippen LogP contribution >= 0.6 is 0 Å². The van der Waals surface area contributed by atoms with E-state index >= 15 is 0 Å². The number of phenolic OH excluding ortho intramolecular Hbond substituents is 1. The second-order valence-corrected chi connectivity index (χ2v) is 3.83. The number of hydrogen-bond acceptors (Lipinski definition) is 2. The highest BCUT2D eigenvalue weighted by atomic mass is 16.3. The second-order valence-electron chi connectivity index (χ2n) is 3.83. The van der Waals surface area contributed by atoms with Crippen molar-refractivity contribution in [2.24, 2.45) is 4.99 Å². The molecular weight excluding hydrogens is 188 g/mol. The van der Waals surface area contributed by atoms with Crippen molar-refractivity contribution in [2.75, 3.05) is 14.1 Å². The van der Waals surface area contributed by atoms with Gasteiger partial charge in [-0.25, -0.2) is 4.99 Å². The topological polar surface area (TPSA) is 35.8 Å². The van der Waals surface area contributed by atoms with Crippen LogP contribution in [-0.2, 0) is 6.42 Å². The molecule has 3 nitrogen and oxygen atoms in total. The van der Waals surface area contributed by atoms with Gasteiger partial charge in [0, 0.05) is 14.1 Å². The number of aliphatic imine (C=N–C) groups is 1. The SMILES string of the molecule is CCc1cc(O)c(C)cc1N=CN(C)C. The van der Waals surface area contributed by atoms with E-state index in [1.165, 1.54) is 0 Å². The number of phenols is 1. The first-order chi connectivity index (χ1) is 7.04. The molecule has 0 saturated carbocycles. The lowest BCUT2D eigenvalue weighted by Crippen LogP contribution is -2.07. The summed E-state index contributed by atoms with van der Waals surface area (Å²) < 4.78 is 0. The molecule has 0 bridgehead atoms. The zero-order valence-corrected chi connectivity index (χ0v) is 9.78. The van der Waals surface area contributed by atoms with Gasteiger partial charge >= 0.3 is 0 Å². The molecule has 15 heavy (non-hydrogen) atoms. The second kappa shape index (κ2) is 4.82. The predicted molar refractivity (Wildman–Crippen MR) is 64.1 cm³/mol. The number of aromatic hydroxyl groups is 1. The number of hydrogen-bond donors (Lipinski definition) is 1. The van der Waals surface area contributed by atoms with Gasteiger partial charge in [0.2, 0.25) is 0 Å². The molecule has 0 heterocycles. The Labute approximate surface area is 91.1 Å². The lowest BCUT2D eigenvalue weighted by Gasteiger charge is -2.08. The fourth-order valence-corrected chi connectivity index (χ4v) is 1.31. The van der Waals surface area contributed by atoms with E-state index in [9.17, 15) is 5.11 Å². The Morgan fingerprint density at radius 1 is 1.40 bits per heavy atom. The molecule has 1 rings (SSSR count). The van der Waals surface area contributed by atoms with Crippen LogP contribution in [0.25, 0.3) is 0 Å². The lowest BCUT2D eigenvalue weighted by atomic mass is 10.1. The molecule has 0 saturated heterocycles. The third kappa shape index (κ3) is 2.98. The van der Waals surface area contributed by atoms with Crippen LogP contribution < -0.4 is 0 Å². The summed E-state index contributed by atoms with van der Waals surface area (Å²) in [4.78, 5) is 6.26. The van der Waals surface area contributed by atoms with Crippen molar-refractivity contribution >= 4 is 12.0 Å². The number of nitrogens with zero attached hydrogens (tertiary/aromatic N) is 2. The van der Waals surface area contributed by atoms with Gasteiger partial charge in [0.25, 0.3) is 0 Å². The van der Waals surface area contributed by atoms with Gasteiger partial charge in [0.05, 0.1) is 12.0 Å².